The molecular formula is C13H16BrN3. The van der Waals surface area contributed by atoms with Crippen LogP contribution in [0.5, 0.6) is 0 Å². The molecule has 1 heterocycles. The maximum Gasteiger partial charge on any atom is 0.123 e. The SMILES string of the molecule is CC(C)[C@H](N)c1ncc(-c2ccc(Br)cc2)[nH]1. The van der Waals surface area contributed by atoms with Crippen molar-refractivity contribution in [3.8, 4) is 11.3 Å². The Bertz CT molecular complexity index is 488. The first-order chi connectivity index (χ1) is 8.08. The van der Waals surface area contributed by atoms with E-state index in [4.69, 9.17) is 5.73 Å². The Balaban J connectivity index is 2.26. The van der Waals surface area contributed by atoms with Crippen LogP contribution in [0.3, 0.4) is 0 Å². The van der Waals surface area contributed by atoms with Gasteiger partial charge in [0, 0.05) is 4.47 Å². The minimum Gasteiger partial charge on any atom is -0.341 e. The van der Waals surface area contributed by atoms with Crippen LogP contribution in [0.2, 0.25) is 0 Å². The predicted molar refractivity (Wildman–Crippen MR) is 73.5 cm³/mol. The van der Waals surface area contributed by atoms with E-state index in [0.29, 0.717) is 5.92 Å². The van der Waals surface area contributed by atoms with E-state index >= 15 is 0 Å². The number of H-pyrrole nitrogens is 1. The normalized spacial score (nSPS) is 13.0. The molecule has 3 N–H and O–H groups in total. The third-order valence-electron chi connectivity index (χ3n) is 2.78. The number of halogens is 1. The Labute approximate surface area is 110 Å². The van der Waals surface area contributed by atoms with E-state index in [2.05, 4.69) is 39.7 Å². The van der Waals surface area contributed by atoms with Crippen LogP contribution in [0.1, 0.15) is 25.7 Å². The van der Waals surface area contributed by atoms with Crippen molar-refractivity contribution in [2.24, 2.45) is 11.7 Å². The van der Waals surface area contributed by atoms with Crippen LogP contribution in [-0.2, 0) is 0 Å². The molecule has 3 nitrogen and oxygen atoms in total. The molecule has 0 bridgehead atoms. The number of nitrogens with two attached hydrogens (primary N) is 1. The van der Waals surface area contributed by atoms with Crippen LogP contribution in [0.4, 0.5) is 0 Å². The van der Waals surface area contributed by atoms with Crippen LogP contribution in [0.15, 0.2) is 34.9 Å². The van der Waals surface area contributed by atoms with E-state index in [1.807, 2.05) is 30.5 Å². The van der Waals surface area contributed by atoms with Gasteiger partial charge in [-0.05, 0) is 23.6 Å². The minimum atomic E-state index is -0.0424. The van der Waals surface area contributed by atoms with E-state index in [1.165, 1.54) is 0 Å². The standard InChI is InChI=1S/C13H16BrN3/c1-8(2)12(15)13-16-7-11(17-13)9-3-5-10(14)6-4-9/h3-8,12H,15H2,1-2H3,(H,16,17)/t12-/m0/s1. The number of hydrogen-bond donors (Lipinski definition) is 2. The zero-order valence-electron chi connectivity index (χ0n) is 9.94. The monoisotopic (exact) mass is 293 g/mol. The average Bonchev–Trinajstić information content (AvgIpc) is 2.78. The number of aromatic nitrogens is 2. The summed E-state index contributed by atoms with van der Waals surface area (Å²) in [7, 11) is 0. The predicted octanol–water partition coefficient (Wildman–Crippen LogP) is 3.50. The lowest BCUT2D eigenvalue weighted by Gasteiger charge is -2.12. The van der Waals surface area contributed by atoms with E-state index < -0.39 is 0 Å². The molecule has 0 saturated heterocycles. The molecule has 1 aromatic carbocycles. The van der Waals surface area contributed by atoms with Crippen LogP contribution >= 0.6 is 15.9 Å². The highest BCUT2D eigenvalue weighted by Gasteiger charge is 2.14. The van der Waals surface area contributed by atoms with Gasteiger partial charge in [-0.1, -0.05) is 41.9 Å². The van der Waals surface area contributed by atoms with Crippen molar-refractivity contribution < 1.29 is 0 Å². The maximum absolute atomic E-state index is 6.05. The molecule has 17 heavy (non-hydrogen) atoms. The molecule has 0 saturated carbocycles. The van der Waals surface area contributed by atoms with Gasteiger partial charge in [0.15, 0.2) is 0 Å². The first kappa shape index (κ1) is 12.3. The Morgan fingerprint density at radius 3 is 2.47 bits per heavy atom. The molecule has 0 unspecified atom stereocenters. The number of benzene rings is 1. The number of hydrogen-bond acceptors (Lipinski definition) is 2. The van der Waals surface area contributed by atoms with Gasteiger partial charge in [0.05, 0.1) is 17.9 Å². The fraction of sp³-hybridized carbons (Fsp3) is 0.308. The molecule has 0 spiro atoms. The lowest BCUT2D eigenvalue weighted by Crippen LogP contribution is -2.18. The van der Waals surface area contributed by atoms with E-state index in [0.717, 1.165) is 21.6 Å². The van der Waals surface area contributed by atoms with Crippen LogP contribution in [0.25, 0.3) is 11.3 Å². The van der Waals surface area contributed by atoms with E-state index in [1.54, 1.807) is 0 Å². The Kier molecular flexibility index (Phi) is 3.64. The Morgan fingerprint density at radius 1 is 1.24 bits per heavy atom. The lowest BCUT2D eigenvalue weighted by molar-refractivity contribution is 0.494. The van der Waals surface area contributed by atoms with Gasteiger partial charge in [0.2, 0.25) is 0 Å². The van der Waals surface area contributed by atoms with Crippen LogP contribution < -0.4 is 5.73 Å². The molecule has 0 fully saturated rings. The summed E-state index contributed by atoms with van der Waals surface area (Å²) in [4.78, 5) is 7.62. The van der Waals surface area contributed by atoms with Gasteiger partial charge in [-0.3, -0.25) is 0 Å². The second-order valence-corrected chi connectivity index (χ2v) is 5.37. The number of nitrogens with one attached hydrogen (secondary N) is 1. The van der Waals surface area contributed by atoms with Gasteiger partial charge in [0.1, 0.15) is 5.82 Å². The summed E-state index contributed by atoms with van der Waals surface area (Å²) in [5.41, 5.74) is 8.17. The third kappa shape index (κ3) is 2.76. The summed E-state index contributed by atoms with van der Waals surface area (Å²) in [6.45, 7) is 4.18. The maximum atomic E-state index is 6.05. The number of nitrogens with zero attached hydrogens (tertiary/aromatic N) is 1. The van der Waals surface area contributed by atoms with Crippen molar-refractivity contribution in [1.29, 1.82) is 0 Å². The number of aromatic amines is 1. The largest absolute Gasteiger partial charge is 0.341 e. The van der Waals surface area contributed by atoms with Crippen molar-refractivity contribution in [2.45, 2.75) is 19.9 Å². The second kappa shape index (κ2) is 5.02. The smallest absolute Gasteiger partial charge is 0.123 e. The zero-order valence-corrected chi connectivity index (χ0v) is 11.5. The molecule has 2 aromatic rings. The molecule has 0 radical (unpaired) electrons. The fourth-order valence-corrected chi connectivity index (χ4v) is 1.86. The molecule has 0 amide bonds. The van der Waals surface area contributed by atoms with Gasteiger partial charge in [-0.25, -0.2) is 4.98 Å². The highest BCUT2D eigenvalue weighted by molar-refractivity contribution is 9.10. The van der Waals surface area contributed by atoms with Crippen LogP contribution in [-0.4, -0.2) is 9.97 Å². The van der Waals surface area contributed by atoms with Crippen molar-refractivity contribution in [3.05, 3.63) is 40.8 Å². The zero-order chi connectivity index (χ0) is 12.4. The number of rotatable bonds is 3. The number of imidazole rings is 1. The quantitative estimate of drug-likeness (QED) is 0.910. The van der Waals surface area contributed by atoms with E-state index in [-0.39, 0.29) is 6.04 Å². The minimum absolute atomic E-state index is 0.0424. The van der Waals surface area contributed by atoms with Crippen molar-refractivity contribution in [2.75, 3.05) is 0 Å². The summed E-state index contributed by atoms with van der Waals surface area (Å²) in [6, 6.07) is 8.07. The fourth-order valence-electron chi connectivity index (χ4n) is 1.60. The Morgan fingerprint density at radius 2 is 1.88 bits per heavy atom. The molecule has 1 aromatic heterocycles. The molecule has 1 atom stereocenters. The van der Waals surface area contributed by atoms with Crippen molar-refractivity contribution in [1.82, 2.24) is 9.97 Å². The van der Waals surface area contributed by atoms with E-state index in [9.17, 15) is 0 Å². The van der Waals surface area contributed by atoms with Gasteiger partial charge < -0.3 is 10.7 Å². The molecule has 0 aliphatic rings. The third-order valence-corrected chi connectivity index (χ3v) is 3.31. The van der Waals surface area contributed by atoms with Crippen LogP contribution in [0, 0.1) is 5.92 Å². The molecule has 90 valence electrons. The van der Waals surface area contributed by atoms with Crippen molar-refractivity contribution in [3.63, 3.8) is 0 Å². The average molecular weight is 294 g/mol. The first-order valence-electron chi connectivity index (χ1n) is 5.64. The van der Waals surface area contributed by atoms with Gasteiger partial charge in [0.25, 0.3) is 0 Å². The lowest BCUT2D eigenvalue weighted by atomic mass is 10.1. The summed E-state index contributed by atoms with van der Waals surface area (Å²) in [5.74, 6) is 1.22. The van der Waals surface area contributed by atoms with Gasteiger partial charge in [-0.15, -0.1) is 0 Å². The topological polar surface area (TPSA) is 54.7 Å². The highest BCUT2D eigenvalue weighted by Crippen LogP contribution is 2.22. The summed E-state index contributed by atoms with van der Waals surface area (Å²) in [5, 5.41) is 0. The second-order valence-electron chi connectivity index (χ2n) is 4.46. The van der Waals surface area contributed by atoms with Crippen molar-refractivity contribution >= 4 is 15.9 Å². The molecule has 0 aliphatic heterocycles. The highest BCUT2D eigenvalue weighted by atomic mass is 79.9. The molecular weight excluding hydrogens is 278 g/mol. The molecule has 2 rings (SSSR count). The summed E-state index contributed by atoms with van der Waals surface area (Å²) >= 11 is 3.42. The Hall–Kier alpha value is -1.13. The summed E-state index contributed by atoms with van der Waals surface area (Å²) in [6.07, 6.45) is 1.83. The molecule has 4 heteroatoms. The van der Waals surface area contributed by atoms with Gasteiger partial charge >= 0.3 is 0 Å². The molecule has 0 aliphatic carbocycles. The summed E-state index contributed by atoms with van der Waals surface area (Å²) < 4.78 is 1.07. The first-order valence-corrected chi connectivity index (χ1v) is 6.43. The van der Waals surface area contributed by atoms with Gasteiger partial charge in [-0.2, -0.15) is 0 Å².